The molecule has 60 heavy (non-hydrogen) atoms. The number of hydrogen-bond acceptors (Lipinski definition) is 2. The van der Waals surface area contributed by atoms with Gasteiger partial charge in [0.25, 0.3) is 0 Å². The van der Waals surface area contributed by atoms with Gasteiger partial charge in [-0.3, -0.25) is 0 Å². The van der Waals surface area contributed by atoms with Crippen molar-refractivity contribution in [1.29, 1.82) is 0 Å². The largest absolute Gasteiger partial charge is 0.489 e. The lowest BCUT2D eigenvalue weighted by Crippen LogP contribution is -2.31. The van der Waals surface area contributed by atoms with Gasteiger partial charge in [-0.05, 0) is 119 Å². The summed E-state index contributed by atoms with van der Waals surface area (Å²) >= 11 is 10.7. The molecule has 8 heteroatoms. The molecule has 2 N–H and O–H groups in total. The van der Waals surface area contributed by atoms with Crippen molar-refractivity contribution < 1.29 is 10.0 Å². The molecular formula is C52H42BBr3N2O2. The third-order valence-electron chi connectivity index (χ3n) is 10.9. The fourth-order valence-electron chi connectivity index (χ4n) is 8.18. The SMILES string of the molecule is CCn1c2ccc(Br)cc2c2cc(-c3ccccc3-c3ccccc3)ccc21.CCn1c2ccc(Br)cc2c2cc(Br)ccc21.OB(O)c1ccccc1-c1ccccc1. The molecule has 8 aromatic carbocycles. The van der Waals surface area contributed by atoms with Crippen molar-refractivity contribution in [3.63, 3.8) is 0 Å². The summed E-state index contributed by atoms with van der Waals surface area (Å²) in [6.07, 6.45) is 0. The van der Waals surface area contributed by atoms with Crippen molar-refractivity contribution in [2.24, 2.45) is 0 Å². The predicted octanol–water partition coefficient (Wildman–Crippen LogP) is 14.3. The Labute approximate surface area is 376 Å². The molecule has 0 aliphatic rings. The van der Waals surface area contributed by atoms with Crippen LogP contribution in [0.3, 0.4) is 0 Å². The van der Waals surface area contributed by atoms with E-state index in [0.717, 1.165) is 37.6 Å². The van der Waals surface area contributed by atoms with Gasteiger partial charge < -0.3 is 19.2 Å². The van der Waals surface area contributed by atoms with Crippen molar-refractivity contribution in [3.05, 3.63) is 195 Å². The van der Waals surface area contributed by atoms with Crippen molar-refractivity contribution >= 4 is 104 Å². The fourth-order valence-corrected chi connectivity index (χ4v) is 9.26. The second-order valence-corrected chi connectivity index (χ2v) is 17.2. The third kappa shape index (κ3) is 8.53. The lowest BCUT2D eigenvalue weighted by atomic mass is 9.75. The zero-order chi connectivity index (χ0) is 41.8. The van der Waals surface area contributed by atoms with Crippen molar-refractivity contribution in [2.75, 3.05) is 0 Å². The fraction of sp³-hybridized carbons (Fsp3) is 0.0769. The van der Waals surface area contributed by atoms with Crippen LogP contribution >= 0.6 is 47.8 Å². The van der Waals surface area contributed by atoms with E-state index >= 15 is 0 Å². The van der Waals surface area contributed by atoms with Crippen molar-refractivity contribution in [2.45, 2.75) is 26.9 Å². The first-order chi connectivity index (χ1) is 29.2. The molecule has 0 amide bonds. The number of aromatic nitrogens is 2. The highest BCUT2D eigenvalue weighted by molar-refractivity contribution is 9.11. The molecule has 0 atom stereocenters. The van der Waals surface area contributed by atoms with Crippen LogP contribution in [0, 0.1) is 0 Å². The first kappa shape index (κ1) is 41.5. The van der Waals surface area contributed by atoms with Crippen LogP contribution in [-0.2, 0) is 13.1 Å². The number of fused-ring (bicyclic) bond motifs is 6. The number of aryl methyl sites for hydroxylation is 2. The van der Waals surface area contributed by atoms with E-state index < -0.39 is 7.12 Å². The molecule has 10 rings (SSSR count). The summed E-state index contributed by atoms with van der Waals surface area (Å²) in [6.45, 7) is 6.34. The van der Waals surface area contributed by atoms with Gasteiger partial charge in [-0.25, -0.2) is 0 Å². The summed E-state index contributed by atoms with van der Waals surface area (Å²) in [5, 5.41) is 23.7. The van der Waals surface area contributed by atoms with E-state index in [1.165, 1.54) is 65.9 Å². The summed E-state index contributed by atoms with van der Waals surface area (Å²) in [7, 11) is -1.43. The van der Waals surface area contributed by atoms with Gasteiger partial charge in [-0.15, -0.1) is 0 Å². The second kappa shape index (κ2) is 18.6. The zero-order valence-electron chi connectivity index (χ0n) is 33.2. The van der Waals surface area contributed by atoms with Crippen LogP contribution in [0.1, 0.15) is 13.8 Å². The summed E-state index contributed by atoms with van der Waals surface area (Å²) in [6, 6.07) is 62.6. The highest BCUT2D eigenvalue weighted by Crippen LogP contribution is 2.38. The van der Waals surface area contributed by atoms with Crippen LogP contribution in [0.5, 0.6) is 0 Å². The molecule has 296 valence electrons. The Kier molecular flexibility index (Phi) is 12.9. The Balaban J connectivity index is 0.000000134. The minimum atomic E-state index is -1.43. The average molecular weight is 977 g/mol. The van der Waals surface area contributed by atoms with Gasteiger partial charge in [0, 0.05) is 70.1 Å². The maximum atomic E-state index is 9.22. The molecule has 0 aliphatic carbocycles. The molecule has 0 aliphatic heterocycles. The molecular weight excluding hydrogens is 935 g/mol. The van der Waals surface area contributed by atoms with E-state index in [1.54, 1.807) is 12.1 Å². The van der Waals surface area contributed by atoms with Crippen LogP contribution < -0.4 is 5.46 Å². The molecule has 0 spiro atoms. The van der Waals surface area contributed by atoms with E-state index in [9.17, 15) is 10.0 Å². The molecule has 0 radical (unpaired) electrons. The van der Waals surface area contributed by atoms with Gasteiger partial charge in [-0.1, -0.05) is 163 Å². The van der Waals surface area contributed by atoms with Crippen LogP contribution in [0.2, 0.25) is 0 Å². The Morgan fingerprint density at radius 3 is 1.17 bits per heavy atom. The van der Waals surface area contributed by atoms with Crippen LogP contribution in [0.4, 0.5) is 0 Å². The molecule has 0 unspecified atom stereocenters. The van der Waals surface area contributed by atoms with Crippen LogP contribution in [0.25, 0.3) is 77.0 Å². The van der Waals surface area contributed by atoms with Crippen LogP contribution in [-0.4, -0.2) is 26.3 Å². The standard InChI is InChI=1S/C26H20BrN.C14H11Br2N.C12H11BO2/c1-2-28-25-14-12-19(16-23(25)24-17-20(27)13-15-26(24)28)22-11-7-6-10-21(22)18-8-4-3-5-9-18;1-2-17-13-5-3-9(15)7-11(13)12-8-10(16)4-6-14(12)17;14-13(15)12-9-5-4-8-11(12)10-6-2-1-3-7-10/h3-17H,2H2,1H3;3-8H,2H2,1H3;1-9,14-15H. The minimum Gasteiger partial charge on any atom is -0.423 e. The number of benzene rings is 8. The van der Waals surface area contributed by atoms with E-state index in [1.807, 2.05) is 42.5 Å². The first-order valence-electron chi connectivity index (χ1n) is 20.0. The van der Waals surface area contributed by atoms with Gasteiger partial charge in [0.2, 0.25) is 0 Å². The zero-order valence-corrected chi connectivity index (χ0v) is 38.0. The smallest absolute Gasteiger partial charge is 0.423 e. The molecule has 4 nitrogen and oxygen atoms in total. The van der Waals surface area contributed by atoms with Gasteiger partial charge in [-0.2, -0.15) is 0 Å². The lowest BCUT2D eigenvalue weighted by Gasteiger charge is -2.11. The van der Waals surface area contributed by atoms with Crippen LogP contribution in [0.15, 0.2) is 195 Å². The summed E-state index contributed by atoms with van der Waals surface area (Å²) in [5.41, 5.74) is 12.6. The normalized spacial score (nSPS) is 11.1. The maximum absolute atomic E-state index is 9.22. The van der Waals surface area contributed by atoms with Gasteiger partial charge >= 0.3 is 7.12 Å². The molecule has 10 aromatic rings. The molecule has 2 heterocycles. The summed E-state index contributed by atoms with van der Waals surface area (Å²) in [5.74, 6) is 0. The molecule has 0 saturated heterocycles. The Hall–Kier alpha value is -5.22. The summed E-state index contributed by atoms with van der Waals surface area (Å²) in [4.78, 5) is 0. The summed E-state index contributed by atoms with van der Waals surface area (Å²) < 4.78 is 8.11. The molecule has 0 saturated carbocycles. The topological polar surface area (TPSA) is 50.3 Å². The van der Waals surface area contributed by atoms with Gasteiger partial charge in [0.05, 0.1) is 0 Å². The maximum Gasteiger partial charge on any atom is 0.489 e. The Morgan fingerprint density at radius 2 is 0.733 bits per heavy atom. The number of nitrogens with zero attached hydrogens (tertiary/aromatic N) is 2. The van der Waals surface area contributed by atoms with Crippen molar-refractivity contribution in [3.8, 4) is 33.4 Å². The molecule has 0 bridgehead atoms. The lowest BCUT2D eigenvalue weighted by molar-refractivity contribution is 0.426. The van der Waals surface area contributed by atoms with Gasteiger partial charge in [0.15, 0.2) is 0 Å². The van der Waals surface area contributed by atoms with E-state index in [4.69, 9.17) is 0 Å². The number of halogens is 3. The molecule has 2 aromatic heterocycles. The Morgan fingerprint density at radius 1 is 0.383 bits per heavy atom. The van der Waals surface area contributed by atoms with Crippen molar-refractivity contribution in [1.82, 2.24) is 9.13 Å². The number of rotatable bonds is 6. The Bertz CT molecular complexity index is 3030. The quantitative estimate of drug-likeness (QED) is 0.163. The monoisotopic (exact) mass is 974 g/mol. The van der Waals surface area contributed by atoms with E-state index in [0.29, 0.717) is 5.46 Å². The minimum absolute atomic E-state index is 0.531. The van der Waals surface area contributed by atoms with E-state index in [2.05, 4.69) is 198 Å². The first-order valence-corrected chi connectivity index (χ1v) is 22.4. The molecule has 0 fully saturated rings. The number of hydrogen-bond donors (Lipinski definition) is 2. The second-order valence-electron chi connectivity index (χ2n) is 14.4. The predicted molar refractivity (Wildman–Crippen MR) is 266 cm³/mol. The highest BCUT2D eigenvalue weighted by Gasteiger charge is 2.16. The average Bonchev–Trinajstić information content (AvgIpc) is 3.77. The highest BCUT2D eigenvalue weighted by atomic mass is 79.9. The van der Waals surface area contributed by atoms with Gasteiger partial charge in [0.1, 0.15) is 0 Å². The third-order valence-corrected chi connectivity index (χ3v) is 12.4. The van der Waals surface area contributed by atoms with E-state index in [-0.39, 0.29) is 0 Å².